The van der Waals surface area contributed by atoms with Gasteiger partial charge in [-0.1, -0.05) is 37.3 Å². The van der Waals surface area contributed by atoms with Gasteiger partial charge < -0.3 is 14.8 Å². The molecule has 1 N–H and O–H groups in total. The van der Waals surface area contributed by atoms with Gasteiger partial charge in [0.1, 0.15) is 11.5 Å². The summed E-state index contributed by atoms with van der Waals surface area (Å²) in [6.07, 6.45) is 3.24. The molecule has 25 heavy (non-hydrogen) atoms. The van der Waals surface area contributed by atoms with Crippen molar-refractivity contribution in [2.45, 2.75) is 44.8 Å². The van der Waals surface area contributed by atoms with E-state index in [9.17, 15) is 4.79 Å². The molecular weight excluding hydrogens is 314 g/mol. The lowest BCUT2D eigenvalue weighted by molar-refractivity contribution is -0.129. The van der Waals surface area contributed by atoms with Crippen LogP contribution >= 0.6 is 0 Å². The first kappa shape index (κ1) is 17.3. The van der Waals surface area contributed by atoms with Crippen LogP contribution in [0.2, 0.25) is 0 Å². The van der Waals surface area contributed by atoms with Crippen molar-refractivity contribution in [3.05, 3.63) is 59.7 Å². The Balaban J connectivity index is 1.69. The van der Waals surface area contributed by atoms with E-state index in [1.165, 1.54) is 11.1 Å². The highest BCUT2D eigenvalue weighted by atomic mass is 16.5. The number of fused-ring (bicyclic) bond motifs is 1. The number of carbonyl (C=O) groups excluding carboxylic acids is 1. The van der Waals surface area contributed by atoms with E-state index >= 15 is 0 Å². The number of ether oxygens (including phenoxy) is 2. The Morgan fingerprint density at radius 3 is 2.80 bits per heavy atom. The lowest BCUT2D eigenvalue weighted by atomic mass is 9.87. The van der Waals surface area contributed by atoms with Gasteiger partial charge in [0, 0.05) is 6.07 Å². The fourth-order valence-electron chi connectivity index (χ4n) is 3.33. The second kappa shape index (κ2) is 8.06. The van der Waals surface area contributed by atoms with E-state index in [-0.39, 0.29) is 11.9 Å². The number of hydrogen-bond acceptors (Lipinski definition) is 3. The van der Waals surface area contributed by atoms with Crippen LogP contribution in [0.5, 0.6) is 11.5 Å². The van der Waals surface area contributed by atoms with Gasteiger partial charge >= 0.3 is 0 Å². The molecule has 1 aliphatic rings. The lowest BCUT2D eigenvalue weighted by Gasteiger charge is -2.28. The standard InChI is InChI=1S/C21H25NO3/c1-3-20(25-17-11-7-10-16(14-17)24-2)21(23)22-19-13-6-9-15-8-4-5-12-18(15)19/h4-5,7-8,10-12,14,19-20H,3,6,9,13H2,1-2H3,(H,22,23)/t19-,20+/m1/s1. The zero-order chi connectivity index (χ0) is 17.6. The summed E-state index contributed by atoms with van der Waals surface area (Å²) in [6.45, 7) is 1.96. The number of methoxy groups -OCH3 is 1. The first-order chi connectivity index (χ1) is 12.2. The minimum Gasteiger partial charge on any atom is -0.497 e. The molecule has 2 atom stereocenters. The van der Waals surface area contributed by atoms with E-state index < -0.39 is 6.10 Å². The first-order valence-corrected chi connectivity index (χ1v) is 8.90. The van der Waals surface area contributed by atoms with E-state index in [1.807, 2.05) is 31.2 Å². The van der Waals surface area contributed by atoms with Crippen LogP contribution in [-0.2, 0) is 11.2 Å². The molecule has 0 aromatic heterocycles. The van der Waals surface area contributed by atoms with Crippen molar-refractivity contribution in [2.75, 3.05) is 7.11 Å². The van der Waals surface area contributed by atoms with Crippen molar-refractivity contribution in [2.24, 2.45) is 0 Å². The number of hydrogen-bond donors (Lipinski definition) is 1. The van der Waals surface area contributed by atoms with E-state index in [4.69, 9.17) is 9.47 Å². The van der Waals surface area contributed by atoms with Crippen LogP contribution in [-0.4, -0.2) is 19.1 Å². The van der Waals surface area contributed by atoms with Crippen molar-refractivity contribution in [3.63, 3.8) is 0 Å². The Kier molecular flexibility index (Phi) is 5.59. The molecule has 0 bridgehead atoms. The van der Waals surface area contributed by atoms with Crippen molar-refractivity contribution >= 4 is 5.91 Å². The molecule has 0 aliphatic heterocycles. The predicted octanol–water partition coefficient (Wildman–Crippen LogP) is 4.05. The van der Waals surface area contributed by atoms with Crippen LogP contribution in [0.15, 0.2) is 48.5 Å². The van der Waals surface area contributed by atoms with Gasteiger partial charge in [-0.3, -0.25) is 4.79 Å². The maximum Gasteiger partial charge on any atom is 0.261 e. The number of amides is 1. The summed E-state index contributed by atoms with van der Waals surface area (Å²) in [5, 5.41) is 3.18. The number of aryl methyl sites for hydroxylation is 1. The van der Waals surface area contributed by atoms with Crippen LogP contribution in [0.25, 0.3) is 0 Å². The average Bonchev–Trinajstić information content (AvgIpc) is 2.66. The van der Waals surface area contributed by atoms with E-state index in [0.29, 0.717) is 17.9 Å². The molecular formula is C21H25NO3. The second-order valence-electron chi connectivity index (χ2n) is 6.35. The Morgan fingerprint density at radius 1 is 1.20 bits per heavy atom. The molecule has 1 aliphatic carbocycles. The topological polar surface area (TPSA) is 47.6 Å². The Morgan fingerprint density at radius 2 is 2.00 bits per heavy atom. The molecule has 2 aromatic rings. The first-order valence-electron chi connectivity index (χ1n) is 8.90. The van der Waals surface area contributed by atoms with Crippen molar-refractivity contribution in [3.8, 4) is 11.5 Å². The van der Waals surface area contributed by atoms with E-state index in [2.05, 4.69) is 23.5 Å². The zero-order valence-corrected chi connectivity index (χ0v) is 14.8. The van der Waals surface area contributed by atoms with Crippen molar-refractivity contribution < 1.29 is 14.3 Å². The third-order valence-electron chi connectivity index (χ3n) is 4.67. The molecule has 0 unspecified atom stereocenters. The van der Waals surface area contributed by atoms with Crippen molar-refractivity contribution in [1.82, 2.24) is 5.32 Å². The summed E-state index contributed by atoms with van der Waals surface area (Å²) >= 11 is 0. The van der Waals surface area contributed by atoms with Gasteiger partial charge in [0.05, 0.1) is 13.2 Å². The minimum atomic E-state index is -0.513. The highest BCUT2D eigenvalue weighted by Crippen LogP contribution is 2.29. The number of rotatable bonds is 6. The Hall–Kier alpha value is -2.49. The number of benzene rings is 2. The summed E-state index contributed by atoms with van der Waals surface area (Å²) < 4.78 is 11.1. The molecule has 0 heterocycles. The summed E-state index contributed by atoms with van der Waals surface area (Å²) in [7, 11) is 1.61. The Labute approximate surface area is 149 Å². The fraction of sp³-hybridized carbons (Fsp3) is 0.381. The smallest absolute Gasteiger partial charge is 0.261 e. The summed E-state index contributed by atoms with van der Waals surface area (Å²) in [5.41, 5.74) is 2.57. The lowest BCUT2D eigenvalue weighted by Crippen LogP contribution is -2.40. The zero-order valence-electron chi connectivity index (χ0n) is 14.8. The normalized spacial score (nSPS) is 17.3. The van der Waals surface area contributed by atoms with Crippen molar-refractivity contribution in [1.29, 1.82) is 0 Å². The van der Waals surface area contributed by atoms with Gasteiger partial charge in [0.25, 0.3) is 5.91 Å². The van der Waals surface area contributed by atoms with E-state index in [1.54, 1.807) is 13.2 Å². The number of carbonyl (C=O) groups is 1. The SMILES string of the molecule is CC[C@H](Oc1cccc(OC)c1)C(=O)N[C@@H]1CCCc2ccccc21. The Bertz CT molecular complexity index is 729. The van der Waals surface area contributed by atoms with Crippen LogP contribution in [0.4, 0.5) is 0 Å². The van der Waals surface area contributed by atoms with Crippen LogP contribution in [0, 0.1) is 0 Å². The van der Waals surface area contributed by atoms with Crippen LogP contribution in [0.1, 0.15) is 43.4 Å². The molecule has 0 fully saturated rings. The molecule has 132 valence electrons. The molecule has 1 amide bonds. The van der Waals surface area contributed by atoms with Gasteiger partial charge in [0.15, 0.2) is 6.10 Å². The molecule has 2 aromatic carbocycles. The summed E-state index contributed by atoms with van der Waals surface area (Å²) in [4.78, 5) is 12.7. The van der Waals surface area contributed by atoms with Gasteiger partial charge in [-0.25, -0.2) is 0 Å². The fourth-order valence-corrected chi connectivity index (χ4v) is 3.33. The summed E-state index contributed by atoms with van der Waals surface area (Å²) in [6, 6.07) is 15.8. The third kappa shape index (κ3) is 4.13. The molecule has 0 saturated carbocycles. The van der Waals surface area contributed by atoms with Gasteiger partial charge in [-0.05, 0) is 48.9 Å². The van der Waals surface area contributed by atoms with Crippen LogP contribution < -0.4 is 14.8 Å². The predicted molar refractivity (Wildman–Crippen MR) is 98.0 cm³/mol. The summed E-state index contributed by atoms with van der Waals surface area (Å²) in [5.74, 6) is 1.30. The number of nitrogens with one attached hydrogen (secondary N) is 1. The van der Waals surface area contributed by atoms with Crippen LogP contribution in [0.3, 0.4) is 0 Å². The highest BCUT2D eigenvalue weighted by molar-refractivity contribution is 5.81. The second-order valence-corrected chi connectivity index (χ2v) is 6.35. The molecule has 3 rings (SSSR count). The largest absolute Gasteiger partial charge is 0.497 e. The monoisotopic (exact) mass is 339 g/mol. The molecule has 4 nitrogen and oxygen atoms in total. The molecule has 4 heteroatoms. The van der Waals surface area contributed by atoms with E-state index in [0.717, 1.165) is 19.3 Å². The minimum absolute atomic E-state index is 0.0629. The quantitative estimate of drug-likeness (QED) is 0.864. The molecule has 0 saturated heterocycles. The third-order valence-corrected chi connectivity index (χ3v) is 4.67. The van der Waals surface area contributed by atoms with Gasteiger partial charge in [-0.15, -0.1) is 0 Å². The van der Waals surface area contributed by atoms with Gasteiger partial charge in [-0.2, -0.15) is 0 Å². The highest BCUT2D eigenvalue weighted by Gasteiger charge is 2.25. The maximum absolute atomic E-state index is 12.7. The maximum atomic E-state index is 12.7. The molecule has 0 spiro atoms. The van der Waals surface area contributed by atoms with Gasteiger partial charge in [0.2, 0.25) is 0 Å². The average molecular weight is 339 g/mol. The molecule has 0 radical (unpaired) electrons.